The number of rotatable bonds is 6. The maximum Gasteiger partial charge on any atom is 0.369 e. The summed E-state index contributed by atoms with van der Waals surface area (Å²) < 4.78 is 10.2. The summed E-state index contributed by atoms with van der Waals surface area (Å²) in [4.78, 5) is 15.6. The Hall–Kier alpha value is -2.02. The number of ether oxygens (including phenoxy) is 2. The van der Waals surface area contributed by atoms with Crippen LogP contribution < -0.4 is 4.74 Å². The van der Waals surface area contributed by atoms with Gasteiger partial charge in [-0.2, -0.15) is 0 Å². The molecule has 0 aliphatic rings. The van der Waals surface area contributed by atoms with Crippen LogP contribution in [0.15, 0.2) is 24.4 Å². The molecule has 0 spiro atoms. The van der Waals surface area contributed by atoms with Crippen molar-refractivity contribution >= 4 is 17.3 Å². The van der Waals surface area contributed by atoms with Gasteiger partial charge in [0.25, 0.3) is 5.19 Å². The number of carbonyl (C=O) groups excluding carboxylic acids is 1. The zero-order valence-electron chi connectivity index (χ0n) is 10.4. The zero-order valence-corrected chi connectivity index (χ0v) is 11.2. The van der Waals surface area contributed by atoms with E-state index in [1.54, 1.807) is 13.1 Å². The molecule has 0 N–H and O–H groups in total. The summed E-state index contributed by atoms with van der Waals surface area (Å²) in [5, 5.41) is 8.05. The van der Waals surface area contributed by atoms with Gasteiger partial charge in [0.1, 0.15) is 0 Å². The molecule has 6 nitrogen and oxygen atoms in total. The fourth-order valence-corrected chi connectivity index (χ4v) is 1.95. The summed E-state index contributed by atoms with van der Waals surface area (Å²) in [6.45, 7) is 2.49. The Balaban J connectivity index is 1.82. The van der Waals surface area contributed by atoms with Crippen molar-refractivity contribution in [1.29, 1.82) is 0 Å². The first-order valence-electron chi connectivity index (χ1n) is 5.83. The van der Waals surface area contributed by atoms with Crippen molar-refractivity contribution < 1.29 is 14.3 Å². The summed E-state index contributed by atoms with van der Waals surface area (Å²) in [6, 6.07) is 5.71. The quantitative estimate of drug-likeness (QED) is 0.750. The first-order valence-corrected chi connectivity index (χ1v) is 6.64. The lowest BCUT2D eigenvalue weighted by molar-refractivity contribution is 0.0525. The van der Waals surface area contributed by atoms with Crippen LogP contribution in [0.1, 0.15) is 22.4 Å². The summed E-state index contributed by atoms with van der Waals surface area (Å²) in [7, 11) is 0. The first kappa shape index (κ1) is 13.4. The lowest BCUT2D eigenvalue weighted by Gasteiger charge is -2.00. The van der Waals surface area contributed by atoms with Gasteiger partial charge in [-0.15, -0.1) is 5.10 Å². The molecule has 0 bridgehead atoms. The molecule has 0 saturated heterocycles. The molecule has 0 amide bonds. The molecule has 2 aromatic rings. The molecule has 7 heteroatoms. The minimum atomic E-state index is -0.473. The van der Waals surface area contributed by atoms with Gasteiger partial charge in [0, 0.05) is 18.3 Å². The van der Waals surface area contributed by atoms with Crippen molar-refractivity contribution in [3.8, 4) is 5.19 Å². The number of aromatic nitrogens is 3. The van der Waals surface area contributed by atoms with Crippen LogP contribution >= 0.6 is 11.3 Å². The Morgan fingerprint density at radius 1 is 1.37 bits per heavy atom. The summed E-state index contributed by atoms with van der Waals surface area (Å²) in [5.74, 6) is -0.473. The Morgan fingerprint density at radius 2 is 2.26 bits per heavy atom. The van der Waals surface area contributed by atoms with E-state index in [4.69, 9.17) is 9.47 Å². The third-order valence-electron chi connectivity index (χ3n) is 2.17. The molecule has 0 atom stereocenters. The molecule has 0 aliphatic heterocycles. The average molecular weight is 279 g/mol. The van der Waals surface area contributed by atoms with Crippen molar-refractivity contribution in [1.82, 2.24) is 15.2 Å². The molecule has 2 heterocycles. The Morgan fingerprint density at radius 3 is 3.00 bits per heavy atom. The van der Waals surface area contributed by atoms with Crippen LogP contribution in [0, 0.1) is 0 Å². The first-order chi connectivity index (χ1) is 9.29. The summed E-state index contributed by atoms with van der Waals surface area (Å²) in [5.41, 5.74) is 0.942. The summed E-state index contributed by atoms with van der Waals surface area (Å²) in [6.07, 6.45) is 2.41. The van der Waals surface area contributed by atoms with Gasteiger partial charge in [0.15, 0.2) is 0 Å². The molecule has 0 aliphatic carbocycles. The van der Waals surface area contributed by atoms with Crippen LogP contribution in [0.5, 0.6) is 5.19 Å². The number of pyridine rings is 1. The fourth-order valence-electron chi connectivity index (χ4n) is 1.33. The van der Waals surface area contributed by atoms with E-state index in [2.05, 4.69) is 15.2 Å². The van der Waals surface area contributed by atoms with Gasteiger partial charge >= 0.3 is 5.97 Å². The number of esters is 1. The van der Waals surface area contributed by atoms with Crippen molar-refractivity contribution in [3.63, 3.8) is 0 Å². The molecule has 0 radical (unpaired) electrons. The second-order valence-corrected chi connectivity index (χ2v) is 4.45. The largest absolute Gasteiger partial charge is 0.469 e. The molecule has 0 unspecified atom stereocenters. The number of hydrogen-bond donors (Lipinski definition) is 0. The van der Waals surface area contributed by atoms with E-state index in [0.29, 0.717) is 24.8 Å². The molecule has 19 heavy (non-hydrogen) atoms. The van der Waals surface area contributed by atoms with Crippen LogP contribution in [0.4, 0.5) is 0 Å². The van der Waals surface area contributed by atoms with Crippen molar-refractivity contribution in [2.45, 2.75) is 13.3 Å². The Kier molecular flexibility index (Phi) is 4.79. The number of carbonyl (C=O) groups is 1. The van der Waals surface area contributed by atoms with Gasteiger partial charge < -0.3 is 9.47 Å². The highest BCUT2D eigenvalue weighted by atomic mass is 32.1. The number of hydrogen-bond acceptors (Lipinski definition) is 7. The molecule has 0 saturated carbocycles. The van der Waals surface area contributed by atoms with E-state index in [1.165, 1.54) is 0 Å². The van der Waals surface area contributed by atoms with E-state index in [9.17, 15) is 4.79 Å². The van der Waals surface area contributed by atoms with Crippen molar-refractivity contribution in [2.24, 2.45) is 0 Å². The van der Waals surface area contributed by atoms with Gasteiger partial charge in [-0.1, -0.05) is 11.2 Å². The number of nitrogens with zero attached hydrogens (tertiary/aromatic N) is 3. The zero-order chi connectivity index (χ0) is 13.5. The fraction of sp³-hybridized carbons (Fsp3) is 0.333. The third kappa shape index (κ3) is 3.99. The van der Waals surface area contributed by atoms with Gasteiger partial charge in [-0.3, -0.25) is 4.98 Å². The second-order valence-electron chi connectivity index (χ2n) is 3.51. The molecule has 2 aromatic heterocycles. The van der Waals surface area contributed by atoms with Crippen molar-refractivity contribution in [2.75, 3.05) is 13.2 Å². The maximum atomic E-state index is 11.4. The predicted octanol–water partition coefficient (Wildman–Crippen LogP) is 1.73. The van der Waals surface area contributed by atoms with Crippen LogP contribution in [0.3, 0.4) is 0 Å². The molecule has 100 valence electrons. The van der Waals surface area contributed by atoms with E-state index in [0.717, 1.165) is 17.0 Å². The lowest BCUT2D eigenvalue weighted by Crippen LogP contribution is -2.03. The summed E-state index contributed by atoms with van der Waals surface area (Å²) >= 11 is 1.08. The SMILES string of the molecule is CCOC(=O)c1nnc(OCCc2ccccn2)s1. The molecular formula is C12H13N3O3S. The van der Waals surface area contributed by atoms with Gasteiger partial charge in [0.05, 0.1) is 13.2 Å². The van der Waals surface area contributed by atoms with E-state index in [-0.39, 0.29) is 5.01 Å². The highest BCUT2D eigenvalue weighted by molar-refractivity contribution is 7.14. The molecule has 0 aromatic carbocycles. The Labute approximate surface area is 114 Å². The molecular weight excluding hydrogens is 266 g/mol. The van der Waals surface area contributed by atoms with Gasteiger partial charge in [-0.25, -0.2) is 4.79 Å². The van der Waals surface area contributed by atoms with Crippen LogP contribution in [0.25, 0.3) is 0 Å². The lowest BCUT2D eigenvalue weighted by atomic mass is 10.3. The molecule has 0 fully saturated rings. The van der Waals surface area contributed by atoms with Crippen LogP contribution in [0.2, 0.25) is 0 Å². The normalized spacial score (nSPS) is 10.2. The van der Waals surface area contributed by atoms with E-state index < -0.39 is 5.97 Å². The average Bonchev–Trinajstić information content (AvgIpc) is 2.89. The smallest absolute Gasteiger partial charge is 0.369 e. The van der Waals surface area contributed by atoms with Crippen molar-refractivity contribution in [3.05, 3.63) is 35.1 Å². The maximum absolute atomic E-state index is 11.4. The predicted molar refractivity (Wildman–Crippen MR) is 69.3 cm³/mol. The van der Waals surface area contributed by atoms with Crippen LogP contribution in [-0.2, 0) is 11.2 Å². The molecule has 2 rings (SSSR count). The minimum Gasteiger partial charge on any atom is -0.469 e. The standard InChI is InChI=1S/C12H13N3O3S/c1-2-17-11(16)10-14-15-12(19-10)18-8-6-9-5-3-4-7-13-9/h3-5,7H,2,6,8H2,1H3. The monoisotopic (exact) mass is 279 g/mol. The third-order valence-corrected chi connectivity index (χ3v) is 2.98. The van der Waals surface area contributed by atoms with Crippen LogP contribution in [-0.4, -0.2) is 34.4 Å². The van der Waals surface area contributed by atoms with E-state index in [1.807, 2.05) is 18.2 Å². The van der Waals surface area contributed by atoms with Gasteiger partial charge in [0.2, 0.25) is 5.01 Å². The second kappa shape index (κ2) is 6.79. The van der Waals surface area contributed by atoms with E-state index >= 15 is 0 Å². The topological polar surface area (TPSA) is 74.2 Å². The van der Waals surface area contributed by atoms with Gasteiger partial charge in [-0.05, 0) is 30.4 Å². The minimum absolute atomic E-state index is 0.203. The Bertz CT molecular complexity index is 530. The highest BCUT2D eigenvalue weighted by Crippen LogP contribution is 2.18. The highest BCUT2D eigenvalue weighted by Gasteiger charge is 2.14.